The van der Waals surface area contributed by atoms with Crippen LogP contribution in [0.15, 0.2) is 46.1 Å². The number of carbonyl (C=O) groups excluding carboxylic acids is 1. The van der Waals surface area contributed by atoms with Gasteiger partial charge in [0.2, 0.25) is 0 Å². The maximum atomic E-state index is 11.3. The van der Waals surface area contributed by atoms with E-state index < -0.39 is 0 Å². The fourth-order valence-electron chi connectivity index (χ4n) is 4.92. The second kappa shape index (κ2) is 11.6. The molecular formula is C26H44N4O. The van der Waals surface area contributed by atoms with Gasteiger partial charge in [0.05, 0.1) is 0 Å². The van der Waals surface area contributed by atoms with Gasteiger partial charge in [0, 0.05) is 24.6 Å². The third-order valence-electron chi connectivity index (χ3n) is 6.72. The number of carbonyl (C=O) groups is 1. The highest BCUT2D eigenvalue weighted by molar-refractivity contribution is 5.61. The van der Waals surface area contributed by atoms with Crippen molar-refractivity contribution in [1.29, 1.82) is 0 Å². The van der Waals surface area contributed by atoms with Gasteiger partial charge in [-0.1, -0.05) is 46.3 Å². The highest BCUT2D eigenvalue weighted by Gasteiger charge is 2.29. The Labute approximate surface area is 189 Å². The maximum absolute atomic E-state index is 11.3. The molecule has 1 unspecified atom stereocenters. The zero-order valence-corrected chi connectivity index (χ0v) is 20.6. The fraction of sp³-hybridized carbons (Fsp3) is 0.654. The van der Waals surface area contributed by atoms with Crippen molar-refractivity contribution >= 4 is 6.29 Å². The maximum Gasteiger partial charge on any atom is 0.127 e. The van der Waals surface area contributed by atoms with Crippen molar-refractivity contribution < 1.29 is 4.79 Å². The second-order valence-electron chi connectivity index (χ2n) is 9.40. The summed E-state index contributed by atoms with van der Waals surface area (Å²) < 4.78 is 0. The van der Waals surface area contributed by atoms with Crippen LogP contribution < -0.4 is 11.6 Å². The van der Waals surface area contributed by atoms with Crippen LogP contribution in [0, 0.1) is 17.8 Å². The van der Waals surface area contributed by atoms with Gasteiger partial charge in [-0.15, -0.1) is 0 Å². The highest BCUT2D eigenvalue weighted by Crippen LogP contribution is 2.37. The average molecular weight is 429 g/mol. The minimum absolute atomic E-state index is 0.0472. The summed E-state index contributed by atoms with van der Waals surface area (Å²) in [6, 6.07) is 0. The highest BCUT2D eigenvalue weighted by atomic mass is 16.1. The summed E-state index contributed by atoms with van der Waals surface area (Å²) in [7, 11) is 0. The first-order valence-corrected chi connectivity index (χ1v) is 12.1. The third kappa shape index (κ3) is 5.82. The molecule has 2 atom stereocenters. The van der Waals surface area contributed by atoms with Crippen molar-refractivity contribution in [2.75, 3.05) is 13.1 Å². The summed E-state index contributed by atoms with van der Waals surface area (Å²) in [6.45, 7) is 15.0. The Morgan fingerprint density at radius 2 is 2.03 bits per heavy atom. The molecule has 0 bridgehead atoms. The number of hydrogen-bond acceptors (Lipinski definition) is 5. The first-order chi connectivity index (χ1) is 14.8. The number of allylic oxidation sites excluding steroid dienone is 6. The average Bonchev–Trinajstić information content (AvgIpc) is 3.16. The Morgan fingerprint density at radius 1 is 1.32 bits per heavy atom. The van der Waals surface area contributed by atoms with Crippen LogP contribution in [0.4, 0.5) is 0 Å². The second-order valence-corrected chi connectivity index (χ2v) is 9.40. The van der Waals surface area contributed by atoms with Crippen LogP contribution in [0.3, 0.4) is 0 Å². The molecule has 0 spiro atoms. The van der Waals surface area contributed by atoms with E-state index in [-0.39, 0.29) is 11.8 Å². The summed E-state index contributed by atoms with van der Waals surface area (Å²) in [5.41, 5.74) is 11.6. The monoisotopic (exact) mass is 428 g/mol. The smallest absolute Gasteiger partial charge is 0.127 e. The van der Waals surface area contributed by atoms with Crippen LogP contribution in [0.25, 0.3) is 0 Å². The largest absolute Gasteiger partial charge is 0.384 e. The van der Waals surface area contributed by atoms with Gasteiger partial charge in [0.15, 0.2) is 0 Å². The number of hydrogen-bond donors (Lipinski definition) is 2. The van der Waals surface area contributed by atoms with E-state index in [9.17, 15) is 4.79 Å². The van der Waals surface area contributed by atoms with E-state index in [4.69, 9.17) is 11.6 Å². The lowest BCUT2D eigenvalue weighted by molar-refractivity contribution is -0.109. The molecule has 0 radical (unpaired) electrons. The Morgan fingerprint density at radius 3 is 2.52 bits per heavy atom. The lowest BCUT2D eigenvalue weighted by Gasteiger charge is -2.37. The Hall–Kier alpha value is -2.01. The van der Waals surface area contributed by atoms with Crippen molar-refractivity contribution in [2.45, 2.75) is 80.1 Å². The molecule has 2 aliphatic rings. The molecule has 0 saturated heterocycles. The van der Waals surface area contributed by atoms with E-state index in [0.717, 1.165) is 61.2 Å². The number of nitrogens with zero attached hydrogens (tertiary/aromatic N) is 2. The SMILES string of the molecule is CCCCN(CC)/C(=C1\CCCC1C)N(N)/C(N)=C(/C1=CC[C@@H](C=O)C=C1C)C(C)C. The van der Waals surface area contributed by atoms with Gasteiger partial charge < -0.3 is 15.4 Å². The summed E-state index contributed by atoms with van der Waals surface area (Å²) in [4.78, 5) is 13.7. The van der Waals surface area contributed by atoms with Gasteiger partial charge >= 0.3 is 0 Å². The molecular weight excluding hydrogens is 384 g/mol. The van der Waals surface area contributed by atoms with Gasteiger partial charge in [0.25, 0.3) is 0 Å². The van der Waals surface area contributed by atoms with E-state index in [2.05, 4.69) is 58.6 Å². The number of aldehydes is 1. The molecule has 5 nitrogen and oxygen atoms in total. The molecule has 0 aromatic carbocycles. The topological polar surface area (TPSA) is 75.6 Å². The van der Waals surface area contributed by atoms with Gasteiger partial charge in [-0.2, -0.15) is 0 Å². The van der Waals surface area contributed by atoms with Crippen LogP contribution in [0.2, 0.25) is 0 Å². The van der Waals surface area contributed by atoms with Crippen molar-refractivity contribution in [3.63, 3.8) is 0 Å². The van der Waals surface area contributed by atoms with E-state index in [1.165, 1.54) is 18.4 Å². The molecule has 174 valence electrons. The molecule has 31 heavy (non-hydrogen) atoms. The minimum Gasteiger partial charge on any atom is -0.384 e. The molecule has 0 heterocycles. The van der Waals surface area contributed by atoms with E-state index in [1.807, 2.05) is 0 Å². The number of hydrazine groups is 1. The van der Waals surface area contributed by atoms with E-state index >= 15 is 0 Å². The molecule has 0 aromatic heterocycles. The third-order valence-corrected chi connectivity index (χ3v) is 6.72. The van der Waals surface area contributed by atoms with Gasteiger partial charge in [-0.25, -0.2) is 10.9 Å². The Kier molecular flexibility index (Phi) is 9.42. The molecule has 1 fully saturated rings. The van der Waals surface area contributed by atoms with Crippen LogP contribution in [0.1, 0.15) is 80.1 Å². The normalized spacial score (nSPS) is 23.9. The van der Waals surface area contributed by atoms with Crippen LogP contribution in [0.5, 0.6) is 0 Å². The molecule has 0 amide bonds. The summed E-state index contributed by atoms with van der Waals surface area (Å²) >= 11 is 0. The molecule has 0 aromatic rings. The minimum atomic E-state index is -0.0472. The zero-order valence-electron chi connectivity index (χ0n) is 20.6. The van der Waals surface area contributed by atoms with Crippen molar-refractivity contribution in [3.8, 4) is 0 Å². The molecule has 4 N–H and O–H groups in total. The molecule has 5 heteroatoms. The number of nitrogens with two attached hydrogens (primary N) is 2. The van der Waals surface area contributed by atoms with Crippen molar-refractivity contribution in [1.82, 2.24) is 9.91 Å². The van der Waals surface area contributed by atoms with Crippen LogP contribution >= 0.6 is 0 Å². The Balaban J connectivity index is 2.56. The summed E-state index contributed by atoms with van der Waals surface area (Å²) in [5, 5.41) is 1.77. The number of rotatable bonds is 10. The summed E-state index contributed by atoms with van der Waals surface area (Å²) in [6.07, 6.45) is 11.7. The molecule has 1 saturated carbocycles. The summed E-state index contributed by atoms with van der Waals surface area (Å²) in [5.74, 6) is 9.25. The van der Waals surface area contributed by atoms with Crippen molar-refractivity contribution in [2.24, 2.45) is 29.3 Å². The lowest BCUT2D eigenvalue weighted by atomic mass is 9.84. The van der Waals surface area contributed by atoms with Crippen LogP contribution in [-0.4, -0.2) is 29.3 Å². The first kappa shape index (κ1) is 25.3. The standard InChI is InChI=1S/C26H44N4O/c1-7-9-15-29(8-2)26(23-12-10-11-19(23)5)30(28)25(27)24(18(3)4)22-14-13-21(17-31)16-20(22)6/h14,16-19,21H,7-13,15,27-28H2,1-6H3/b25-24+,26-23-/t19?,21-/m1/s1. The zero-order chi connectivity index (χ0) is 23.1. The molecule has 2 rings (SSSR count). The molecule has 2 aliphatic carbocycles. The predicted octanol–water partition coefficient (Wildman–Crippen LogP) is 5.23. The van der Waals surface area contributed by atoms with Gasteiger partial charge in [-0.3, -0.25) is 0 Å². The first-order valence-electron chi connectivity index (χ1n) is 12.1. The fourth-order valence-corrected chi connectivity index (χ4v) is 4.92. The quantitative estimate of drug-likeness (QED) is 0.283. The number of unbranched alkanes of at least 4 members (excludes halogenated alkanes) is 1. The van der Waals surface area contributed by atoms with E-state index in [0.29, 0.717) is 18.2 Å². The molecule has 0 aliphatic heterocycles. The van der Waals surface area contributed by atoms with Crippen LogP contribution in [-0.2, 0) is 4.79 Å². The lowest BCUT2D eigenvalue weighted by Crippen LogP contribution is -2.44. The predicted molar refractivity (Wildman–Crippen MR) is 130 cm³/mol. The van der Waals surface area contributed by atoms with Gasteiger partial charge in [0.1, 0.15) is 17.9 Å². The Bertz CT molecular complexity index is 759. The van der Waals surface area contributed by atoms with Crippen molar-refractivity contribution in [3.05, 3.63) is 46.1 Å². The van der Waals surface area contributed by atoms with Gasteiger partial charge in [-0.05, 0) is 74.5 Å². The van der Waals surface area contributed by atoms with E-state index in [1.54, 1.807) is 5.01 Å².